The third-order valence-electron chi connectivity index (χ3n) is 4.64. The molecule has 1 aliphatic rings. The van der Waals surface area contributed by atoms with Gasteiger partial charge in [-0.2, -0.15) is 5.10 Å². The zero-order valence-electron chi connectivity index (χ0n) is 14.4. The summed E-state index contributed by atoms with van der Waals surface area (Å²) in [6, 6.07) is 5.43. The highest BCUT2D eigenvalue weighted by atomic mass is 16.3. The van der Waals surface area contributed by atoms with E-state index in [1.165, 1.54) is 4.52 Å². The SMILES string of the molecule is CC[C@@H](O)c1cc2n(n1)CCN(Cc1cc(=O)n3[nH]c(C)cc3n1)C2. The summed E-state index contributed by atoms with van der Waals surface area (Å²) in [5, 5.41) is 17.4. The molecule has 3 aromatic rings. The number of nitrogens with one attached hydrogen (secondary N) is 1. The molecule has 4 heterocycles. The molecule has 0 amide bonds. The van der Waals surface area contributed by atoms with Crippen LogP contribution in [0.5, 0.6) is 0 Å². The maximum absolute atomic E-state index is 12.2. The van der Waals surface area contributed by atoms with Crippen LogP contribution in [0.2, 0.25) is 0 Å². The van der Waals surface area contributed by atoms with Crippen LogP contribution in [0.25, 0.3) is 5.65 Å². The molecule has 0 aliphatic carbocycles. The summed E-state index contributed by atoms with van der Waals surface area (Å²) in [6.07, 6.45) is 0.150. The van der Waals surface area contributed by atoms with E-state index in [9.17, 15) is 9.90 Å². The Labute approximate surface area is 144 Å². The minimum absolute atomic E-state index is 0.0940. The largest absolute Gasteiger partial charge is 0.387 e. The number of hydrogen-bond acceptors (Lipinski definition) is 5. The third kappa shape index (κ3) is 2.98. The number of aliphatic hydroxyl groups excluding tert-OH is 1. The average Bonchev–Trinajstić information content (AvgIpc) is 3.16. The van der Waals surface area contributed by atoms with Gasteiger partial charge in [0.25, 0.3) is 5.56 Å². The van der Waals surface area contributed by atoms with Gasteiger partial charge in [-0.1, -0.05) is 6.92 Å². The molecule has 0 fully saturated rings. The van der Waals surface area contributed by atoms with Crippen molar-refractivity contribution in [3.05, 3.63) is 51.3 Å². The Kier molecular flexibility index (Phi) is 3.93. The van der Waals surface area contributed by atoms with Gasteiger partial charge in [-0.25, -0.2) is 9.50 Å². The van der Waals surface area contributed by atoms with E-state index < -0.39 is 6.10 Å². The lowest BCUT2D eigenvalue weighted by Gasteiger charge is -2.27. The van der Waals surface area contributed by atoms with Crippen molar-refractivity contribution in [2.75, 3.05) is 6.54 Å². The third-order valence-corrected chi connectivity index (χ3v) is 4.64. The van der Waals surface area contributed by atoms with Gasteiger partial charge < -0.3 is 5.11 Å². The van der Waals surface area contributed by atoms with Crippen LogP contribution in [-0.2, 0) is 19.6 Å². The predicted octanol–water partition coefficient (Wildman–Crippen LogP) is 0.987. The molecule has 0 bridgehead atoms. The van der Waals surface area contributed by atoms with Gasteiger partial charge >= 0.3 is 0 Å². The first-order chi connectivity index (χ1) is 12.0. The van der Waals surface area contributed by atoms with E-state index in [4.69, 9.17) is 0 Å². The Morgan fingerprint density at radius 2 is 2.16 bits per heavy atom. The van der Waals surface area contributed by atoms with Crippen LogP contribution in [-0.4, -0.2) is 40.9 Å². The van der Waals surface area contributed by atoms with Crippen LogP contribution in [0, 0.1) is 6.92 Å². The van der Waals surface area contributed by atoms with E-state index in [0.29, 0.717) is 18.6 Å². The predicted molar refractivity (Wildman–Crippen MR) is 92.1 cm³/mol. The van der Waals surface area contributed by atoms with Crippen LogP contribution in [0.15, 0.2) is 23.0 Å². The van der Waals surface area contributed by atoms with Crippen molar-refractivity contribution < 1.29 is 5.11 Å². The Morgan fingerprint density at radius 3 is 2.96 bits per heavy atom. The fourth-order valence-corrected chi connectivity index (χ4v) is 3.32. The van der Waals surface area contributed by atoms with Gasteiger partial charge in [0.15, 0.2) is 5.65 Å². The van der Waals surface area contributed by atoms with Crippen LogP contribution in [0.1, 0.15) is 42.2 Å². The maximum atomic E-state index is 12.2. The fraction of sp³-hybridized carbons (Fsp3) is 0.471. The molecule has 1 atom stereocenters. The van der Waals surface area contributed by atoms with Crippen molar-refractivity contribution in [2.24, 2.45) is 0 Å². The molecule has 1 aliphatic heterocycles. The molecular weight excluding hydrogens is 320 g/mol. The second-order valence-electron chi connectivity index (χ2n) is 6.64. The number of aromatic nitrogens is 5. The van der Waals surface area contributed by atoms with Crippen molar-refractivity contribution in [1.29, 1.82) is 0 Å². The summed E-state index contributed by atoms with van der Waals surface area (Å²) in [5.41, 5.74) is 4.05. The first-order valence-corrected chi connectivity index (χ1v) is 8.59. The van der Waals surface area contributed by atoms with Crippen molar-refractivity contribution in [2.45, 2.75) is 46.0 Å². The molecule has 25 heavy (non-hydrogen) atoms. The number of H-pyrrole nitrogens is 1. The molecule has 8 nitrogen and oxygen atoms in total. The molecule has 0 radical (unpaired) electrons. The van der Waals surface area contributed by atoms with Gasteiger partial charge in [0.2, 0.25) is 0 Å². The summed E-state index contributed by atoms with van der Waals surface area (Å²) < 4.78 is 3.42. The minimum atomic E-state index is -0.507. The zero-order valence-corrected chi connectivity index (χ0v) is 14.4. The smallest absolute Gasteiger partial charge is 0.272 e. The van der Waals surface area contributed by atoms with Gasteiger partial charge in [0, 0.05) is 37.5 Å². The van der Waals surface area contributed by atoms with Gasteiger partial charge in [-0.05, 0) is 19.4 Å². The van der Waals surface area contributed by atoms with E-state index in [2.05, 4.69) is 20.1 Å². The van der Waals surface area contributed by atoms with Crippen molar-refractivity contribution in [3.63, 3.8) is 0 Å². The highest BCUT2D eigenvalue weighted by Crippen LogP contribution is 2.20. The number of aromatic amines is 1. The van der Waals surface area contributed by atoms with E-state index >= 15 is 0 Å². The number of aliphatic hydroxyl groups is 1. The van der Waals surface area contributed by atoms with E-state index in [0.717, 1.165) is 42.4 Å². The Morgan fingerprint density at radius 1 is 1.32 bits per heavy atom. The molecule has 0 saturated heterocycles. The van der Waals surface area contributed by atoms with Crippen LogP contribution in [0.3, 0.4) is 0 Å². The average molecular weight is 342 g/mol. The molecular formula is C17H22N6O2. The summed E-state index contributed by atoms with van der Waals surface area (Å²) in [6.45, 7) is 6.81. The molecule has 0 unspecified atom stereocenters. The maximum Gasteiger partial charge on any atom is 0.272 e. The Balaban J connectivity index is 1.54. The van der Waals surface area contributed by atoms with E-state index in [1.54, 1.807) is 6.07 Å². The lowest BCUT2D eigenvalue weighted by atomic mass is 10.2. The first-order valence-electron chi connectivity index (χ1n) is 8.59. The second kappa shape index (κ2) is 6.12. The standard InChI is InChI=1S/C17H22N6O2/c1-3-15(24)14-8-13-10-21(4-5-22(13)20-14)9-12-7-17(25)23-16(18-12)6-11(2)19-23/h6-8,15,19,24H,3-5,9-10H2,1-2H3/t15-/m1/s1. The van der Waals surface area contributed by atoms with Gasteiger partial charge in [0.1, 0.15) is 0 Å². The lowest BCUT2D eigenvalue weighted by Crippen LogP contribution is -2.34. The normalized spacial score (nSPS) is 16.3. The molecule has 3 aromatic heterocycles. The minimum Gasteiger partial charge on any atom is -0.387 e. The van der Waals surface area contributed by atoms with Crippen molar-refractivity contribution >= 4 is 5.65 Å². The number of fused-ring (bicyclic) bond motifs is 2. The first kappa shape index (κ1) is 16.0. The number of rotatable bonds is 4. The molecule has 2 N–H and O–H groups in total. The second-order valence-corrected chi connectivity index (χ2v) is 6.64. The highest BCUT2D eigenvalue weighted by Gasteiger charge is 2.21. The summed E-state index contributed by atoms with van der Waals surface area (Å²) >= 11 is 0. The van der Waals surface area contributed by atoms with Crippen molar-refractivity contribution in [3.8, 4) is 0 Å². The molecule has 132 valence electrons. The highest BCUT2D eigenvalue weighted by molar-refractivity contribution is 5.39. The summed E-state index contributed by atoms with van der Waals surface area (Å²) in [7, 11) is 0. The van der Waals surface area contributed by atoms with Crippen molar-refractivity contribution in [1.82, 2.24) is 29.3 Å². The van der Waals surface area contributed by atoms with Crippen LogP contribution < -0.4 is 5.56 Å². The van der Waals surface area contributed by atoms with E-state index in [-0.39, 0.29) is 5.56 Å². The Bertz CT molecular complexity index is 969. The van der Waals surface area contributed by atoms with Crippen LogP contribution in [0.4, 0.5) is 0 Å². The molecule has 8 heteroatoms. The molecule has 0 saturated carbocycles. The molecule has 0 spiro atoms. The van der Waals surface area contributed by atoms with E-state index in [1.807, 2.05) is 30.7 Å². The quantitative estimate of drug-likeness (QED) is 0.738. The summed E-state index contributed by atoms with van der Waals surface area (Å²) in [5.74, 6) is 0. The van der Waals surface area contributed by atoms with Gasteiger partial charge in [-0.3, -0.25) is 19.5 Å². The number of aryl methyl sites for hydroxylation is 1. The monoisotopic (exact) mass is 342 g/mol. The van der Waals surface area contributed by atoms with Crippen LogP contribution >= 0.6 is 0 Å². The van der Waals surface area contributed by atoms with Gasteiger partial charge in [-0.15, -0.1) is 0 Å². The number of hydrogen-bond donors (Lipinski definition) is 2. The molecule has 4 rings (SSSR count). The summed E-state index contributed by atoms with van der Waals surface area (Å²) in [4.78, 5) is 19.0. The zero-order chi connectivity index (χ0) is 17.6. The molecule has 0 aromatic carbocycles. The number of nitrogens with zero attached hydrogens (tertiary/aromatic N) is 5. The topological polar surface area (TPSA) is 91.5 Å². The van der Waals surface area contributed by atoms with Gasteiger partial charge in [0.05, 0.1) is 29.7 Å². The Hall–Kier alpha value is -2.45. The fourth-order valence-electron chi connectivity index (χ4n) is 3.32. The lowest BCUT2D eigenvalue weighted by molar-refractivity contribution is 0.166.